The van der Waals surface area contributed by atoms with E-state index >= 15 is 0 Å². The summed E-state index contributed by atoms with van der Waals surface area (Å²) in [6, 6.07) is 4.52. The van der Waals surface area contributed by atoms with Gasteiger partial charge in [0, 0.05) is 11.1 Å². The first-order chi connectivity index (χ1) is 9.64. The predicted molar refractivity (Wildman–Crippen MR) is 78.8 cm³/mol. The molecule has 0 saturated heterocycles. The lowest BCUT2D eigenvalue weighted by Crippen LogP contribution is -2.27. The molecule has 0 aliphatic heterocycles. The third kappa shape index (κ3) is 3.53. The van der Waals surface area contributed by atoms with Crippen LogP contribution in [0.5, 0.6) is 0 Å². The Labute approximate surface area is 124 Å². The van der Waals surface area contributed by atoms with Gasteiger partial charge in [0.25, 0.3) is 0 Å². The number of benzene rings is 1. The Morgan fingerprint density at radius 3 is 2.48 bits per heavy atom. The highest BCUT2D eigenvalue weighted by Crippen LogP contribution is 2.51. The lowest BCUT2D eigenvalue weighted by atomic mass is 9.90. The van der Waals surface area contributed by atoms with Gasteiger partial charge < -0.3 is 9.84 Å². The monoisotopic (exact) mass is 295 g/mol. The number of aliphatic hydroxyl groups is 1. The molecule has 1 aliphatic carbocycles. The van der Waals surface area contributed by atoms with Gasteiger partial charge in [-0.25, -0.2) is 9.18 Å². The SMILES string of the molecule is CC(O)C1(c2ccc(NC(=O)OC(C)(C)C)cc2F)CC1. The first-order valence-corrected chi connectivity index (χ1v) is 7.12. The number of halogens is 1. The molecule has 0 bridgehead atoms. The average molecular weight is 295 g/mol. The Morgan fingerprint density at radius 2 is 2.05 bits per heavy atom. The Kier molecular flexibility index (Phi) is 3.97. The highest BCUT2D eigenvalue weighted by atomic mass is 19.1. The van der Waals surface area contributed by atoms with Crippen molar-refractivity contribution in [3.63, 3.8) is 0 Å². The van der Waals surface area contributed by atoms with Crippen molar-refractivity contribution < 1.29 is 19.0 Å². The van der Waals surface area contributed by atoms with Crippen LogP contribution in [0.25, 0.3) is 0 Å². The number of anilines is 1. The van der Waals surface area contributed by atoms with E-state index in [2.05, 4.69) is 5.32 Å². The summed E-state index contributed by atoms with van der Waals surface area (Å²) in [5.74, 6) is -0.415. The van der Waals surface area contributed by atoms with Crippen LogP contribution in [0, 0.1) is 5.82 Å². The minimum Gasteiger partial charge on any atom is -0.444 e. The van der Waals surface area contributed by atoms with E-state index in [-0.39, 0.29) is 0 Å². The van der Waals surface area contributed by atoms with Crippen molar-refractivity contribution in [2.24, 2.45) is 0 Å². The van der Waals surface area contributed by atoms with E-state index in [9.17, 15) is 14.3 Å². The van der Waals surface area contributed by atoms with Crippen LogP contribution < -0.4 is 5.32 Å². The fourth-order valence-electron chi connectivity index (χ4n) is 2.46. The third-order valence-electron chi connectivity index (χ3n) is 3.74. The summed E-state index contributed by atoms with van der Waals surface area (Å²) in [5, 5.41) is 12.3. The molecule has 0 radical (unpaired) electrons. The second kappa shape index (κ2) is 5.30. The number of nitrogens with one attached hydrogen (secondary N) is 1. The van der Waals surface area contributed by atoms with E-state index in [1.807, 2.05) is 0 Å². The summed E-state index contributed by atoms with van der Waals surface area (Å²) < 4.78 is 19.3. The largest absolute Gasteiger partial charge is 0.444 e. The quantitative estimate of drug-likeness (QED) is 0.896. The van der Waals surface area contributed by atoms with Crippen molar-refractivity contribution in [3.8, 4) is 0 Å². The molecule has 4 nitrogen and oxygen atoms in total. The van der Waals surface area contributed by atoms with Crippen LogP contribution in [0.1, 0.15) is 46.1 Å². The number of rotatable bonds is 3. The molecule has 0 aromatic heterocycles. The van der Waals surface area contributed by atoms with Gasteiger partial charge in [-0.15, -0.1) is 0 Å². The number of ether oxygens (including phenoxy) is 1. The fourth-order valence-corrected chi connectivity index (χ4v) is 2.46. The lowest BCUT2D eigenvalue weighted by Gasteiger charge is -2.21. The van der Waals surface area contributed by atoms with Gasteiger partial charge in [0.05, 0.1) is 6.10 Å². The zero-order valence-corrected chi connectivity index (χ0v) is 12.9. The summed E-state index contributed by atoms with van der Waals surface area (Å²) in [5.41, 5.74) is -0.222. The summed E-state index contributed by atoms with van der Waals surface area (Å²) in [6.07, 6.45) is 0.351. The second-order valence-electron chi connectivity index (χ2n) is 6.65. The van der Waals surface area contributed by atoms with Gasteiger partial charge in [-0.05, 0) is 58.2 Å². The Bertz CT molecular complexity index is 545. The summed E-state index contributed by atoms with van der Waals surface area (Å²) >= 11 is 0. The van der Waals surface area contributed by atoms with E-state index in [0.29, 0.717) is 11.3 Å². The van der Waals surface area contributed by atoms with Crippen molar-refractivity contribution in [2.75, 3.05) is 5.32 Å². The van der Waals surface area contributed by atoms with Crippen molar-refractivity contribution in [2.45, 2.75) is 57.7 Å². The molecule has 2 N–H and O–H groups in total. The van der Waals surface area contributed by atoms with Gasteiger partial charge in [0.1, 0.15) is 11.4 Å². The second-order valence-corrected chi connectivity index (χ2v) is 6.65. The zero-order chi connectivity index (χ0) is 15.8. The van der Waals surface area contributed by atoms with Crippen LogP contribution in [0.3, 0.4) is 0 Å². The maximum Gasteiger partial charge on any atom is 0.412 e. The number of hydrogen-bond acceptors (Lipinski definition) is 3. The number of amides is 1. The predicted octanol–water partition coefficient (Wildman–Crippen LogP) is 3.59. The Hall–Kier alpha value is -1.62. The van der Waals surface area contributed by atoms with Gasteiger partial charge in [-0.1, -0.05) is 6.07 Å². The molecule has 1 aliphatic rings. The van der Waals surface area contributed by atoms with E-state index in [1.165, 1.54) is 6.07 Å². The molecule has 5 heteroatoms. The molecule has 0 spiro atoms. The molecule has 1 atom stereocenters. The molecule has 1 saturated carbocycles. The van der Waals surface area contributed by atoms with Gasteiger partial charge >= 0.3 is 6.09 Å². The summed E-state index contributed by atoms with van der Waals surface area (Å²) in [7, 11) is 0. The van der Waals surface area contributed by atoms with Gasteiger partial charge in [0.2, 0.25) is 0 Å². The fraction of sp³-hybridized carbons (Fsp3) is 0.562. The van der Waals surface area contributed by atoms with Crippen molar-refractivity contribution in [1.29, 1.82) is 0 Å². The molecule has 1 fully saturated rings. The highest BCUT2D eigenvalue weighted by molar-refractivity contribution is 5.84. The van der Waals surface area contributed by atoms with Gasteiger partial charge in [-0.3, -0.25) is 5.32 Å². The van der Waals surface area contributed by atoms with Crippen LogP contribution in [0.15, 0.2) is 18.2 Å². The zero-order valence-electron chi connectivity index (χ0n) is 12.9. The van der Waals surface area contributed by atoms with Gasteiger partial charge in [0.15, 0.2) is 0 Å². The number of carbonyl (C=O) groups excluding carboxylic acids is 1. The molecule has 1 amide bonds. The van der Waals surface area contributed by atoms with E-state index in [0.717, 1.165) is 12.8 Å². The smallest absolute Gasteiger partial charge is 0.412 e. The number of carbonyl (C=O) groups is 1. The normalized spacial score (nSPS) is 18.0. The lowest BCUT2D eigenvalue weighted by molar-refractivity contribution is 0.0636. The summed E-state index contributed by atoms with van der Waals surface area (Å²) in [4.78, 5) is 11.6. The summed E-state index contributed by atoms with van der Waals surface area (Å²) in [6.45, 7) is 6.96. The van der Waals surface area contributed by atoms with Crippen molar-refractivity contribution in [1.82, 2.24) is 0 Å². The highest BCUT2D eigenvalue weighted by Gasteiger charge is 2.49. The van der Waals surface area contributed by atoms with Crippen LogP contribution in [-0.4, -0.2) is 22.9 Å². The van der Waals surface area contributed by atoms with E-state index in [1.54, 1.807) is 39.8 Å². The molecular formula is C16H22FNO3. The van der Waals surface area contributed by atoms with Crippen molar-refractivity contribution in [3.05, 3.63) is 29.6 Å². The maximum atomic E-state index is 14.2. The molecule has 2 rings (SSSR count). The standard InChI is InChI=1S/C16H22FNO3/c1-10(19)16(7-8-16)12-6-5-11(9-13(12)17)18-14(20)21-15(2,3)4/h5-6,9-10,19H,7-8H2,1-4H3,(H,18,20). The first kappa shape index (κ1) is 15.8. The van der Waals surface area contributed by atoms with Crippen LogP contribution in [0.4, 0.5) is 14.9 Å². The van der Waals surface area contributed by atoms with E-state index in [4.69, 9.17) is 4.74 Å². The average Bonchev–Trinajstić information content (AvgIpc) is 3.07. The molecule has 21 heavy (non-hydrogen) atoms. The van der Waals surface area contributed by atoms with Crippen molar-refractivity contribution >= 4 is 11.8 Å². The molecule has 1 aromatic carbocycles. The molecule has 1 unspecified atom stereocenters. The number of aliphatic hydroxyl groups excluding tert-OH is 1. The minimum absolute atomic E-state index is 0.340. The number of hydrogen-bond donors (Lipinski definition) is 2. The molecular weight excluding hydrogens is 273 g/mol. The minimum atomic E-state index is -0.619. The van der Waals surface area contributed by atoms with Crippen LogP contribution >= 0.6 is 0 Å². The molecule has 1 aromatic rings. The van der Waals surface area contributed by atoms with Crippen LogP contribution in [0.2, 0.25) is 0 Å². The maximum absolute atomic E-state index is 14.2. The molecule has 0 heterocycles. The molecule has 116 valence electrons. The Morgan fingerprint density at radius 1 is 1.43 bits per heavy atom. The van der Waals surface area contributed by atoms with E-state index < -0.39 is 29.0 Å². The Balaban J connectivity index is 2.12. The van der Waals surface area contributed by atoms with Gasteiger partial charge in [-0.2, -0.15) is 0 Å². The first-order valence-electron chi connectivity index (χ1n) is 7.12. The topological polar surface area (TPSA) is 58.6 Å². The van der Waals surface area contributed by atoms with Crippen LogP contribution in [-0.2, 0) is 10.2 Å². The third-order valence-corrected chi connectivity index (χ3v) is 3.74.